The molecule has 2 rings (SSSR count). The summed E-state index contributed by atoms with van der Waals surface area (Å²) in [4.78, 5) is 7.07. The molecule has 1 aliphatic carbocycles. The number of nitrogens with zero attached hydrogens (tertiary/aromatic N) is 2. The minimum absolute atomic E-state index is 0.163. The summed E-state index contributed by atoms with van der Waals surface area (Å²) >= 11 is 5.96. The molecular weight excluding hydrogens is 256 g/mol. The number of hydrogen-bond acceptors (Lipinski definition) is 2. The average molecular weight is 281 g/mol. The summed E-state index contributed by atoms with van der Waals surface area (Å²) in [6.07, 6.45) is 7.25. The molecule has 1 saturated carbocycles. The van der Waals surface area contributed by atoms with E-state index in [0.717, 1.165) is 12.4 Å². The van der Waals surface area contributed by atoms with Crippen molar-refractivity contribution in [3.8, 4) is 0 Å². The van der Waals surface area contributed by atoms with Gasteiger partial charge in [0.25, 0.3) is 0 Å². The number of pyridine rings is 1. The maximum absolute atomic E-state index is 5.96. The molecule has 3 heteroatoms. The second-order valence-corrected chi connectivity index (χ2v) is 6.85. The van der Waals surface area contributed by atoms with Crippen LogP contribution in [0.2, 0.25) is 0 Å². The first-order valence-corrected chi connectivity index (χ1v) is 7.85. The van der Waals surface area contributed by atoms with Gasteiger partial charge in [-0.3, -0.25) is 0 Å². The lowest BCUT2D eigenvalue weighted by Gasteiger charge is -2.30. The van der Waals surface area contributed by atoms with Crippen LogP contribution in [0.25, 0.3) is 0 Å². The Morgan fingerprint density at radius 2 is 1.95 bits per heavy atom. The number of aromatic nitrogens is 1. The van der Waals surface area contributed by atoms with Crippen molar-refractivity contribution < 1.29 is 0 Å². The molecule has 2 nitrogen and oxygen atoms in total. The number of rotatable bonds is 4. The topological polar surface area (TPSA) is 16.1 Å². The minimum Gasteiger partial charge on any atom is -0.352 e. The molecule has 0 unspecified atom stereocenters. The molecule has 106 valence electrons. The molecule has 0 aromatic carbocycles. The Morgan fingerprint density at radius 3 is 2.42 bits per heavy atom. The Labute approximate surface area is 122 Å². The van der Waals surface area contributed by atoms with Crippen LogP contribution in [-0.4, -0.2) is 23.5 Å². The molecule has 0 spiro atoms. The van der Waals surface area contributed by atoms with Crippen molar-refractivity contribution in [1.29, 1.82) is 0 Å². The maximum atomic E-state index is 5.96. The van der Waals surface area contributed by atoms with Gasteiger partial charge >= 0.3 is 0 Å². The first kappa shape index (κ1) is 14.6. The zero-order valence-electron chi connectivity index (χ0n) is 12.3. The quantitative estimate of drug-likeness (QED) is 0.762. The number of halogens is 1. The summed E-state index contributed by atoms with van der Waals surface area (Å²) < 4.78 is 0. The lowest BCUT2D eigenvalue weighted by Crippen LogP contribution is -2.35. The van der Waals surface area contributed by atoms with Crippen molar-refractivity contribution in [2.45, 2.75) is 57.9 Å². The largest absolute Gasteiger partial charge is 0.352 e. The molecule has 19 heavy (non-hydrogen) atoms. The smallest absolute Gasteiger partial charge is 0.128 e. The van der Waals surface area contributed by atoms with Crippen LogP contribution in [0.3, 0.4) is 0 Å². The van der Waals surface area contributed by atoms with E-state index in [-0.39, 0.29) is 5.41 Å². The van der Waals surface area contributed by atoms with E-state index >= 15 is 0 Å². The molecular formula is C16H25ClN2. The van der Waals surface area contributed by atoms with Crippen molar-refractivity contribution in [3.05, 3.63) is 23.9 Å². The Balaban J connectivity index is 2.17. The van der Waals surface area contributed by atoms with E-state index in [1.165, 1.54) is 31.2 Å². The van der Waals surface area contributed by atoms with E-state index in [1.807, 2.05) is 6.20 Å². The second kappa shape index (κ2) is 6.13. The normalized spacial score (nSPS) is 16.8. The summed E-state index contributed by atoms with van der Waals surface area (Å²) in [5.41, 5.74) is 1.45. The van der Waals surface area contributed by atoms with Crippen molar-refractivity contribution in [2.75, 3.05) is 17.3 Å². The third-order valence-corrected chi connectivity index (χ3v) is 4.17. The van der Waals surface area contributed by atoms with Crippen LogP contribution >= 0.6 is 11.6 Å². The lowest BCUT2D eigenvalue weighted by atomic mass is 9.88. The number of anilines is 1. The summed E-state index contributed by atoms with van der Waals surface area (Å²) in [5, 5.41) is 0. The van der Waals surface area contributed by atoms with Crippen LogP contribution in [0, 0.1) is 0 Å². The maximum Gasteiger partial charge on any atom is 0.128 e. The van der Waals surface area contributed by atoms with E-state index in [9.17, 15) is 0 Å². The van der Waals surface area contributed by atoms with Gasteiger partial charge in [-0.1, -0.05) is 39.7 Å². The van der Waals surface area contributed by atoms with Crippen molar-refractivity contribution in [3.63, 3.8) is 0 Å². The average Bonchev–Trinajstić information content (AvgIpc) is 2.89. The summed E-state index contributed by atoms with van der Waals surface area (Å²) in [6.45, 7) is 7.56. The number of alkyl halides is 1. The van der Waals surface area contributed by atoms with Crippen LogP contribution in [-0.2, 0) is 5.41 Å². The van der Waals surface area contributed by atoms with E-state index in [2.05, 4.69) is 42.8 Å². The molecule has 1 aromatic heterocycles. The molecule has 0 atom stereocenters. The van der Waals surface area contributed by atoms with Crippen molar-refractivity contribution >= 4 is 17.4 Å². The molecule has 1 aromatic rings. The zero-order valence-corrected chi connectivity index (χ0v) is 13.1. The van der Waals surface area contributed by atoms with Gasteiger partial charge in [0.15, 0.2) is 0 Å². The predicted molar refractivity (Wildman–Crippen MR) is 83.3 cm³/mol. The molecule has 0 amide bonds. The van der Waals surface area contributed by atoms with Crippen molar-refractivity contribution in [1.82, 2.24) is 4.98 Å². The van der Waals surface area contributed by atoms with Gasteiger partial charge in [-0.15, -0.1) is 11.6 Å². The summed E-state index contributed by atoms with van der Waals surface area (Å²) in [7, 11) is 0. The standard InChI is InChI=1S/C16H25ClN2/c1-16(2,3)13-8-9-15(18-12-13)19(11-10-17)14-6-4-5-7-14/h8-9,12,14H,4-7,10-11H2,1-3H3. The van der Waals surface area contributed by atoms with Crippen LogP contribution < -0.4 is 4.90 Å². The van der Waals surface area contributed by atoms with Gasteiger partial charge in [-0.2, -0.15) is 0 Å². The molecule has 0 radical (unpaired) electrons. The van der Waals surface area contributed by atoms with Crippen LogP contribution in [0.1, 0.15) is 52.0 Å². The molecule has 0 N–H and O–H groups in total. The monoisotopic (exact) mass is 280 g/mol. The third-order valence-electron chi connectivity index (χ3n) is 4.00. The molecule has 0 bridgehead atoms. The molecule has 1 aliphatic rings. The van der Waals surface area contributed by atoms with Gasteiger partial charge in [0.1, 0.15) is 5.82 Å². The second-order valence-electron chi connectivity index (χ2n) is 6.48. The molecule has 0 saturated heterocycles. The Hall–Kier alpha value is -0.760. The highest BCUT2D eigenvalue weighted by atomic mass is 35.5. The van der Waals surface area contributed by atoms with Gasteiger partial charge in [0.2, 0.25) is 0 Å². The van der Waals surface area contributed by atoms with E-state index < -0.39 is 0 Å². The Morgan fingerprint density at radius 1 is 1.26 bits per heavy atom. The molecule has 1 fully saturated rings. The van der Waals surface area contributed by atoms with Gasteiger partial charge in [0.05, 0.1) is 0 Å². The Kier molecular flexibility index (Phi) is 4.72. The Bertz CT molecular complexity index is 388. The first-order chi connectivity index (χ1) is 9.02. The molecule has 1 heterocycles. The predicted octanol–water partition coefficient (Wildman–Crippen LogP) is 4.37. The fourth-order valence-corrected chi connectivity index (χ4v) is 2.97. The fraction of sp³-hybridized carbons (Fsp3) is 0.688. The van der Waals surface area contributed by atoms with E-state index in [1.54, 1.807) is 0 Å². The summed E-state index contributed by atoms with van der Waals surface area (Å²) in [6, 6.07) is 5.00. The third kappa shape index (κ3) is 3.62. The van der Waals surface area contributed by atoms with Crippen molar-refractivity contribution in [2.24, 2.45) is 0 Å². The van der Waals surface area contributed by atoms with E-state index in [4.69, 9.17) is 11.6 Å². The highest BCUT2D eigenvalue weighted by molar-refractivity contribution is 6.18. The first-order valence-electron chi connectivity index (χ1n) is 7.31. The summed E-state index contributed by atoms with van der Waals surface area (Å²) in [5.74, 6) is 1.75. The van der Waals surface area contributed by atoms with Gasteiger partial charge < -0.3 is 4.90 Å². The van der Waals surface area contributed by atoms with Crippen LogP contribution in [0.5, 0.6) is 0 Å². The lowest BCUT2D eigenvalue weighted by molar-refractivity contribution is 0.584. The van der Waals surface area contributed by atoms with Gasteiger partial charge in [-0.05, 0) is 29.9 Å². The van der Waals surface area contributed by atoms with Crippen LogP contribution in [0.4, 0.5) is 5.82 Å². The van der Waals surface area contributed by atoms with Crippen LogP contribution in [0.15, 0.2) is 18.3 Å². The highest BCUT2D eigenvalue weighted by Crippen LogP contribution is 2.28. The molecule has 0 aliphatic heterocycles. The van der Waals surface area contributed by atoms with Gasteiger partial charge in [-0.25, -0.2) is 4.98 Å². The zero-order chi connectivity index (χ0) is 13.9. The highest BCUT2D eigenvalue weighted by Gasteiger charge is 2.23. The number of hydrogen-bond donors (Lipinski definition) is 0. The van der Waals surface area contributed by atoms with E-state index in [0.29, 0.717) is 11.9 Å². The fourth-order valence-electron chi connectivity index (χ4n) is 2.79. The SMILES string of the molecule is CC(C)(C)c1ccc(N(CCCl)C2CCCC2)nc1. The minimum atomic E-state index is 0.163. The van der Waals surface area contributed by atoms with Gasteiger partial charge in [0, 0.05) is 24.7 Å².